The van der Waals surface area contributed by atoms with E-state index in [1.54, 1.807) is 32.8 Å². The maximum absolute atomic E-state index is 11.4. The third-order valence-electron chi connectivity index (χ3n) is 1.96. The maximum Gasteiger partial charge on any atom is 0.235 e. The van der Waals surface area contributed by atoms with Gasteiger partial charge in [0.1, 0.15) is 0 Å². The highest BCUT2D eigenvalue weighted by Crippen LogP contribution is 2.05. The molecule has 14 heavy (non-hydrogen) atoms. The van der Waals surface area contributed by atoms with Crippen molar-refractivity contribution in [2.24, 2.45) is 5.92 Å². The van der Waals surface area contributed by atoms with Gasteiger partial charge in [0.2, 0.25) is 11.8 Å². The molecule has 2 unspecified atom stereocenters. The van der Waals surface area contributed by atoms with Crippen molar-refractivity contribution >= 4 is 27.7 Å². The highest BCUT2D eigenvalue weighted by Gasteiger charge is 2.19. The molecule has 1 N–H and O–H groups in total. The van der Waals surface area contributed by atoms with Gasteiger partial charge < -0.3 is 10.2 Å². The largest absolute Gasteiger partial charge is 0.359 e. The van der Waals surface area contributed by atoms with Crippen LogP contribution in [0.4, 0.5) is 0 Å². The van der Waals surface area contributed by atoms with Gasteiger partial charge in [-0.3, -0.25) is 9.59 Å². The maximum atomic E-state index is 11.4. The predicted molar refractivity (Wildman–Crippen MR) is 59.3 cm³/mol. The summed E-state index contributed by atoms with van der Waals surface area (Å²) in [6, 6.07) is 0. The van der Waals surface area contributed by atoms with Gasteiger partial charge in [-0.05, 0) is 6.92 Å². The van der Waals surface area contributed by atoms with Crippen LogP contribution in [-0.2, 0) is 9.59 Å². The number of carbonyl (C=O) groups excluding carboxylic acids is 2. The molecule has 0 saturated heterocycles. The van der Waals surface area contributed by atoms with E-state index in [4.69, 9.17) is 0 Å². The summed E-state index contributed by atoms with van der Waals surface area (Å²) < 4.78 is 0. The zero-order chi connectivity index (χ0) is 11.3. The van der Waals surface area contributed by atoms with E-state index >= 15 is 0 Å². The Morgan fingerprint density at radius 1 is 1.43 bits per heavy atom. The van der Waals surface area contributed by atoms with Crippen LogP contribution in [0.25, 0.3) is 0 Å². The van der Waals surface area contributed by atoms with E-state index in [0.717, 1.165) is 0 Å². The standard InChI is InChI=1S/C9H17BrN2O2/c1-6(8(13)11-3)5-12(4)9(14)7(2)10/h6-7H,5H2,1-4H3,(H,11,13). The number of alkyl halides is 1. The minimum absolute atomic E-state index is 0.0132. The summed E-state index contributed by atoms with van der Waals surface area (Å²) in [4.78, 5) is 24.0. The number of amides is 2. The summed E-state index contributed by atoms with van der Waals surface area (Å²) in [5.74, 6) is -0.243. The van der Waals surface area contributed by atoms with Crippen molar-refractivity contribution in [1.82, 2.24) is 10.2 Å². The molecule has 0 bridgehead atoms. The van der Waals surface area contributed by atoms with Crippen molar-refractivity contribution in [2.45, 2.75) is 18.7 Å². The van der Waals surface area contributed by atoms with Crippen molar-refractivity contribution in [1.29, 1.82) is 0 Å². The van der Waals surface area contributed by atoms with E-state index in [-0.39, 0.29) is 22.6 Å². The van der Waals surface area contributed by atoms with Crippen molar-refractivity contribution in [2.75, 3.05) is 20.6 Å². The monoisotopic (exact) mass is 264 g/mol. The van der Waals surface area contributed by atoms with E-state index in [1.165, 1.54) is 0 Å². The van der Waals surface area contributed by atoms with Crippen LogP contribution in [0.15, 0.2) is 0 Å². The Bertz CT molecular complexity index is 219. The van der Waals surface area contributed by atoms with Crippen LogP contribution < -0.4 is 5.32 Å². The number of halogens is 1. The molecule has 0 saturated carbocycles. The lowest BCUT2D eigenvalue weighted by atomic mass is 10.1. The van der Waals surface area contributed by atoms with Crippen LogP contribution >= 0.6 is 15.9 Å². The summed E-state index contributed by atoms with van der Waals surface area (Å²) in [5.41, 5.74) is 0. The summed E-state index contributed by atoms with van der Waals surface area (Å²) >= 11 is 3.19. The second kappa shape index (κ2) is 6.01. The zero-order valence-corrected chi connectivity index (χ0v) is 10.6. The molecule has 0 aliphatic rings. The first-order chi connectivity index (χ1) is 6.40. The number of rotatable bonds is 4. The Balaban J connectivity index is 4.12. The Hall–Kier alpha value is -0.580. The van der Waals surface area contributed by atoms with Gasteiger partial charge in [-0.1, -0.05) is 22.9 Å². The number of hydrogen-bond donors (Lipinski definition) is 1. The fourth-order valence-corrected chi connectivity index (χ4v) is 1.48. The Morgan fingerprint density at radius 3 is 2.29 bits per heavy atom. The molecular weight excluding hydrogens is 248 g/mol. The Kier molecular flexibility index (Phi) is 5.76. The Morgan fingerprint density at radius 2 is 1.93 bits per heavy atom. The van der Waals surface area contributed by atoms with Crippen molar-refractivity contribution in [3.05, 3.63) is 0 Å². The van der Waals surface area contributed by atoms with Gasteiger partial charge in [-0.15, -0.1) is 0 Å². The van der Waals surface area contributed by atoms with Gasteiger partial charge in [0.25, 0.3) is 0 Å². The van der Waals surface area contributed by atoms with Crippen LogP contribution in [0, 0.1) is 5.92 Å². The van der Waals surface area contributed by atoms with Crippen LogP contribution in [0.5, 0.6) is 0 Å². The van der Waals surface area contributed by atoms with Crippen LogP contribution in [0.3, 0.4) is 0 Å². The number of nitrogens with zero attached hydrogens (tertiary/aromatic N) is 1. The average Bonchev–Trinajstić information content (AvgIpc) is 2.14. The van der Waals surface area contributed by atoms with Crippen LogP contribution in [0.2, 0.25) is 0 Å². The molecule has 82 valence electrons. The van der Waals surface area contributed by atoms with E-state index in [0.29, 0.717) is 6.54 Å². The number of carbonyl (C=O) groups is 2. The first-order valence-electron chi connectivity index (χ1n) is 4.50. The predicted octanol–water partition coefficient (Wildman–Crippen LogP) is 0.610. The molecule has 0 spiro atoms. The smallest absolute Gasteiger partial charge is 0.235 e. The molecule has 0 aliphatic carbocycles. The molecule has 0 aliphatic heterocycles. The summed E-state index contributed by atoms with van der Waals surface area (Å²) in [7, 11) is 3.29. The summed E-state index contributed by atoms with van der Waals surface area (Å²) in [5, 5.41) is 2.55. The highest BCUT2D eigenvalue weighted by atomic mass is 79.9. The molecular formula is C9H17BrN2O2. The fourth-order valence-electron chi connectivity index (χ4n) is 1.13. The first-order valence-corrected chi connectivity index (χ1v) is 5.42. The molecule has 0 aromatic rings. The highest BCUT2D eigenvalue weighted by molar-refractivity contribution is 9.10. The van der Waals surface area contributed by atoms with Gasteiger partial charge in [-0.2, -0.15) is 0 Å². The molecule has 2 amide bonds. The van der Waals surface area contributed by atoms with Crippen LogP contribution in [0.1, 0.15) is 13.8 Å². The molecule has 4 nitrogen and oxygen atoms in total. The van der Waals surface area contributed by atoms with Gasteiger partial charge in [-0.25, -0.2) is 0 Å². The quantitative estimate of drug-likeness (QED) is 0.757. The lowest BCUT2D eigenvalue weighted by Gasteiger charge is -2.21. The zero-order valence-electron chi connectivity index (χ0n) is 9.00. The van der Waals surface area contributed by atoms with Crippen molar-refractivity contribution in [3.63, 3.8) is 0 Å². The molecule has 0 radical (unpaired) electrons. The minimum atomic E-state index is -0.204. The van der Waals surface area contributed by atoms with Gasteiger partial charge in [0, 0.05) is 20.6 Å². The lowest BCUT2D eigenvalue weighted by molar-refractivity contribution is -0.131. The number of hydrogen-bond acceptors (Lipinski definition) is 2. The van der Waals surface area contributed by atoms with Gasteiger partial charge in [0.15, 0.2) is 0 Å². The Labute approximate surface area is 93.2 Å². The topological polar surface area (TPSA) is 49.4 Å². The molecule has 5 heteroatoms. The number of nitrogens with one attached hydrogen (secondary N) is 1. The van der Waals surface area contributed by atoms with E-state index in [9.17, 15) is 9.59 Å². The lowest BCUT2D eigenvalue weighted by Crippen LogP contribution is -2.39. The van der Waals surface area contributed by atoms with Crippen molar-refractivity contribution in [3.8, 4) is 0 Å². The molecule has 0 fully saturated rings. The normalized spacial score (nSPS) is 14.4. The third-order valence-corrected chi connectivity index (χ3v) is 2.35. The molecule has 0 aromatic heterocycles. The fraction of sp³-hybridized carbons (Fsp3) is 0.778. The van der Waals surface area contributed by atoms with Crippen LogP contribution in [-0.4, -0.2) is 42.2 Å². The minimum Gasteiger partial charge on any atom is -0.359 e. The van der Waals surface area contributed by atoms with Crippen molar-refractivity contribution < 1.29 is 9.59 Å². The average molecular weight is 265 g/mol. The molecule has 2 atom stereocenters. The van der Waals surface area contributed by atoms with Gasteiger partial charge >= 0.3 is 0 Å². The van der Waals surface area contributed by atoms with E-state index in [2.05, 4.69) is 21.2 Å². The van der Waals surface area contributed by atoms with E-state index < -0.39 is 0 Å². The summed E-state index contributed by atoms with van der Waals surface area (Å²) in [6.07, 6.45) is 0. The summed E-state index contributed by atoms with van der Waals surface area (Å²) in [6.45, 7) is 4.00. The van der Waals surface area contributed by atoms with Gasteiger partial charge in [0.05, 0.1) is 10.7 Å². The third kappa shape index (κ3) is 4.09. The van der Waals surface area contributed by atoms with E-state index in [1.807, 2.05) is 0 Å². The SMILES string of the molecule is CNC(=O)C(C)CN(C)C(=O)C(C)Br. The molecule has 0 heterocycles. The molecule has 0 aromatic carbocycles. The second-order valence-corrected chi connectivity index (χ2v) is 4.72. The molecule has 0 rings (SSSR count). The second-order valence-electron chi connectivity index (χ2n) is 3.35. The first kappa shape index (κ1) is 13.4.